The smallest absolute Gasteiger partial charge is 0.306 e. The maximum Gasteiger partial charge on any atom is 0.306 e. The fraction of sp³-hybridized carbons (Fsp3) is 0.960. The lowest BCUT2D eigenvalue weighted by atomic mass is 9.51. The van der Waals surface area contributed by atoms with Gasteiger partial charge >= 0.3 is 5.97 Å². The fourth-order valence-electron chi connectivity index (χ4n) is 7.42. The Morgan fingerprint density at radius 2 is 1.63 bits per heavy atom. The van der Waals surface area contributed by atoms with Crippen LogP contribution in [0.3, 0.4) is 0 Å². The summed E-state index contributed by atoms with van der Waals surface area (Å²) in [4.78, 5) is 12.3. The van der Waals surface area contributed by atoms with Crippen LogP contribution in [0.25, 0.3) is 0 Å². The van der Waals surface area contributed by atoms with E-state index >= 15 is 0 Å². The summed E-state index contributed by atoms with van der Waals surface area (Å²) in [7, 11) is 0. The number of carbonyl (C=O) groups is 1. The predicted octanol–water partition coefficient (Wildman–Crippen LogP) is 7.32. The average molecular weight is 377 g/mol. The molecule has 0 radical (unpaired) electrons. The second-order valence-corrected chi connectivity index (χ2v) is 10.2. The van der Waals surface area contributed by atoms with Crippen molar-refractivity contribution in [2.24, 2.45) is 41.4 Å². The summed E-state index contributed by atoms with van der Waals surface area (Å²) < 4.78 is 0. The minimum absolute atomic E-state index is 0.0521. The van der Waals surface area contributed by atoms with Crippen LogP contribution in [0, 0.1) is 41.4 Å². The maximum atomic E-state index is 12.3. The summed E-state index contributed by atoms with van der Waals surface area (Å²) in [6, 6.07) is 0. The van der Waals surface area contributed by atoms with Crippen molar-refractivity contribution < 1.29 is 9.90 Å². The third-order valence-electron chi connectivity index (χ3n) is 8.57. The Balaban J connectivity index is 1.80. The van der Waals surface area contributed by atoms with E-state index in [4.69, 9.17) is 0 Å². The van der Waals surface area contributed by atoms with E-state index in [-0.39, 0.29) is 5.92 Å². The molecule has 0 amide bonds. The molecule has 1 N–H and O–H groups in total. The lowest BCUT2D eigenvalue weighted by Gasteiger charge is -2.53. The Labute approximate surface area is 167 Å². The number of hydrogen-bond donors (Lipinski definition) is 1. The number of unbranched alkanes of at least 4 members (excludes halogenated alkanes) is 2. The third-order valence-corrected chi connectivity index (χ3v) is 8.57. The first-order valence-corrected chi connectivity index (χ1v) is 12.4. The van der Waals surface area contributed by atoms with Gasteiger partial charge in [-0.25, -0.2) is 0 Å². The molecule has 6 unspecified atom stereocenters. The molecule has 3 fully saturated rings. The fourth-order valence-corrected chi connectivity index (χ4v) is 7.42. The quantitative estimate of drug-likeness (QED) is 0.451. The van der Waals surface area contributed by atoms with Crippen LogP contribution < -0.4 is 0 Å². The molecule has 0 aromatic rings. The molecule has 0 spiro atoms. The highest BCUT2D eigenvalue weighted by Crippen LogP contribution is 2.56. The summed E-state index contributed by atoms with van der Waals surface area (Å²) >= 11 is 0. The third kappa shape index (κ3) is 5.10. The van der Waals surface area contributed by atoms with Gasteiger partial charge in [-0.3, -0.25) is 4.79 Å². The summed E-state index contributed by atoms with van der Waals surface area (Å²) in [5, 5.41) is 10.2. The molecule has 0 saturated heterocycles. The van der Waals surface area contributed by atoms with Crippen LogP contribution in [0.5, 0.6) is 0 Å². The summed E-state index contributed by atoms with van der Waals surface area (Å²) in [5.41, 5.74) is 0. The van der Waals surface area contributed by atoms with Gasteiger partial charge in [0.1, 0.15) is 0 Å². The van der Waals surface area contributed by atoms with E-state index in [0.29, 0.717) is 23.7 Å². The molecular weight excluding hydrogens is 332 g/mol. The van der Waals surface area contributed by atoms with Crippen molar-refractivity contribution in [2.45, 2.75) is 110 Å². The number of carboxylic acid groups (broad SMARTS) is 1. The normalized spacial score (nSPS) is 37.7. The van der Waals surface area contributed by atoms with Crippen LogP contribution >= 0.6 is 0 Å². The molecule has 156 valence electrons. The van der Waals surface area contributed by atoms with Crippen LogP contribution in [0.15, 0.2) is 0 Å². The van der Waals surface area contributed by atoms with Crippen molar-refractivity contribution in [3.63, 3.8) is 0 Å². The predicted molar refractivity (Wildman–Crippen MR) is 113 cm³/mol. The van der Waals surface area contributed by atoms with Crippen molar-refractivity contribution >= 4 is 5.97 Å². The first kappa shape index (κ1) is 21.2. The van der Waals surface area contributed by atoms with Gasteiger partial charge in [-0.05, 0) is 54.8 Å². The van der Waals surface area contributed by atoms with Gasteiger partial charge in [0.2, 0.25) is 0 Å². The Hall–Kier alpha value is -0.530. The Morgan fingerprint density at radius 1 is 0.852 bits per heavy atom. The molecule has 0 aromatic carbocycles. The molecule has 27 heavy (non-hydrogen) atoms. The Kier molecular flexibility index (Phi) is 8.09. The Bertz CT molecular complexity index is 453. The standard InChI is InChI=1S/C25H44O2/c1-3-5-7-13-20-17-23(25(26)27)24(19-11-8-6-9-12-19)21-15-14-18(10-4-2)16-22(20)21/h18-24H,3-17H2,1-2H3,(H,26,27). The van der Waals surface area contributed by atoms with Gasteiger partial charge in [0, 0.05) is 0 Å². The van der Waals surface area contributed by atoms with Gasteiger partial charge in [0.15, 0.2) is 0 Å². The van der Waals surface area contributed by atoms with Crippen LogP contribution in [0.4, 0.5) is 0 Å². The maximum absolute atomic E-state index is 12.3. The highest BCUT2D eigenvalue weighted by atomic mass is 16.4. The molecular formula is C25H44O2. The van der Waals surface area contributed by atoms with Crippen molar-refractivity contribution in [3.8, 4) is 0 Å². The second-order valence-electron chi connectivity index (χ2n) is 10.2. The summed E-state index contributed by atoms with van der Waals surface area (Å²) in [5.74, 6) is 3.80. The van der Waals surface area contributed by atoms with Crippen molar-refractivity contribution in [1.29, 1.82) is 0 Å². The van der Waals surface area contributed by atoms with E-state index < -0.39 is 5.97 Å². The van der Waals surface area contributed by atoms with Crippen LogP contribution in [-0.4, -0.2) is 11.1 Å². The number of aliphatic carboxylic acids is 1. The van der Waals surface area contributed by atoms with E-state index in [0.717, 1.165) is 18.3 Å². The second kappa shape index (κ2) is 10.3. The molecule has 3 saturated carbocycles. The zero-order chi connectivity index (χ0) is 19.2. The SMILES string of the molecule is CCCCCC1CC(C(=O)O)C(C2CCCCC2)C2CCC(CCC)CC12. The van der Waals surface area contributed by atoms with E-state index in [9.17, 15) is 9.90 Å². The summed E-state index contributed by atoms with van der Waals surface area (Å²) in [6.45, 7) is 4.61. The van der Waals surface area contributed by atoms with Crippen molar-refractivity contribution in [2.75, 3.05) is 0 Å². The molecule has 3 aliphatic rings. The van der Waals surface area contributed by atoms with Crippen molar-refractivity contribution in [3.05, 3.63) is 0 Å². The monoisotopic (exact) mass is 376 g/mol. The highest BCUT2D eigenvalue weighted by molar-refractivity contribution is 5.70. The summed E-state index contributed by atoms with van der Waals surface area (Å²) in [6.07, 6.45) is 19.6. The van der Waals surface area contributed by atoms with Gasteiger partial charge in [-0.1, -0.05) is 90.9 Å². The zero-order valence-corrected chi connectivity index (χ0v) is 18.0. The topological polar surface area (TPSA) is 37.3 Å². The average Bonchev–Trinajstić information content (AvgIpc) is 2.68. The lowest BCUT2D eigenvalue weighted by Crippen LogP contribution is -2.48. The van der Waals surface area contributed by atoms with Crippen molar-refractivity contribution in [1.82, 2.24) is 0 Å². The van der Waals surface area contributed by atoms with Crippen LogP contribution in [0.2, 0.25) is 0 Å². The number of hydrogen-bond acceptors (Lipinski definition) is 1. The van der Waals surface area contributed by atoms with Gasteiger partial charge in [-0.2, -0.15) is 0 Å². The Morgan fingerprint density at radius 3 is 2.30 bits per heavy atom. The lowest BCUT2D eigenvalue weighted by molar-refractivity contribution is -0.153. The molecule has 0 aromatic heterocycles. The zero-order valence-electron chi connectivity index (χ0n) is 18.0. The molecule has 0 bridgehead atoms. The van der Waals surface area contributed by atoms with Crippen LogP contribution in [0.1, 0.15) is 110 Å². The largest absolute Gasteiger partial charge is 0.481 e. The first-order chi connectivity index (χ1) is 13.2. The molecule has 6 atom stereocenters. The number of fused-ring (bicyclic) bond motifs is 1. The van der Waals surface area contributed by atoms with E-state index in [1.165, 1.54) is 89.9 Å². The van der Waals surface area contributed by atoms with Crippen LogP contribution in [-0.2, 0) is 4.79 Å². The minimum Gasteiger partial charge on any atom is -0.481 e. The van der Waals surface area contributed by atoms with Gasteiger partial charge < -0.3 is 5.11 Å². The molecule has 0 heterocycles. The molecule has 3 aliphatic carbocycles. The minimum atomic E-state index is -0.472. The van der Waals surface area contributed by atoms with Gasteiger partial charge in [0.25, 0.3) is 0 Å². The molecule has 2 heteroatoms. The molecule has 3 rings (SSSR count). The van der Waals surface area contributed by atoms with E-state index in [2.05, 4.69) is 13.8 Å². The highest BCUT2D eigenvalue weighted by Gasteiger charge is 2.51. The van der Waals surface area contributed by atoms with Gasteiger partial charge in [0.05, 0.1) is 5.92 Å². The molecule has 2 nitrogen and oxygen atoms in total. The molecule has 0 aliphatic heterocycles. The number of rotatable bonds is 8. The van der Waals surface area contributed by atoms with E-state index in [1.807, 2.05) is 0 Å². The first-order valence-electron chi connectivity index (χ1n) is 12.4. The number of carboxylic acids is 1. The van der Waals surface area contributed by atoms with E-state index in [1.54, 1.807) is 0 Å². The van der Waals surface area contributed by atoms with Gasteiger partial charge in [-0.15, -0.1) is 0 Å².